The highest BCUT2D eigenvalue weighted by Crippen LogP contribution is 2.34. The summed E-state index contributed by atoms with van der Waals surface area (Å²) in [7, 11) is 0. The predicted octanol–water partition coefficient (Wildman–Crippen LogP) is 5.34. The molecule has 0 aliphatic carbocycles. The number of carbonyl (C=O) groups is 1. The second-order valence-electron chi connectivity index (χ2n) is 8.27. The van der Waals surface area contributed by atoms with Crippen molar-refractivity contribution in [1.29, 1.82) is 0 Å². The largest absolute Gasteiger partial charge is 0.345 e. The van der Waals surface area contributed by atoms with Crippen LogP contribution in [0.15, 0.2) is 66.0 Å². The molecule has 0 unspecified atom stereocenters. The van der Waals surface area contributed by atoms with Crippen molar-refractivity contribution in [1.82, 2.24) is 9.55 Å². The molecule has 8 heteroatoms. The summed E-state index contributed by atoms with van der Waals surface area (Å²) in [6.45, 7) is 4.68. The fraction of sp³-hybridized carbons (Fsp3) is 0.360. The standard InChI is InChI=1S/C25H28ClN3O3S/c1-18-13-27-17-29(18)16-25(12-11-20-3-5-21(26)6-4-20)31-14-23(32-25)15-33-24-9-7-22(8-10-24)28-19(2)30/h3-10,13,17,23H,11-12,14-16H2,1-2H3,(H,28,30)/t23-,25-/m1/s1. The Morgan fingerprint density at radius 1 is 1.24 bits per heavy atom. The van der Waals surface area contributed by atoms with Crippen molar-refractivity contribution in [2.45, 2.75) is 50.0 Å². The van der Waals surface area contributed by atoms with Crippen LogP contribution >= 0.6 is 23.4 Å². The molecule has 0 spiro atoms. The zero-order valence-electron chi connectivity index (χ0n) is 18.8. The first-order chi connectivity index (χ1) is 15.9. The quantitative estimate of drug-likeness (QED) is 0.414. The van der Waals surface area contributed by atoms with Gasteiger partial charge in [-0.1, -0.05) is 23.7 Å². The normalized spacial score (nSPS) is 20.2. The van der Waals surface area contributed by atoms with Crippen LogP contribution in [-0.4, -0.2) is 39.7 Å². The Morgan fingerprint density at radius 3 is 2.67 bits per heavy atom. The molecule has 1 aliphatic rings. The van der Waals surface area contributed by atoms with Crippen LogP contribution in [0, 0.1) is 6.92 Å². The SMILES string of the molecule is CC(=O)Nc1ccc(SC[C@H]2CO[C@@](CCc3ccc(Cl)cc3)(Cn3cncc3C)O2)cc1. The molecule has 4 rings (SSSR count). The van der Waals surface area contributed by atoms with Gasteiger partial charge in [-0.2, -0.15) is 0 Å². The van der Waals surface area contributed by atoms with Crippen molar-refractivity contribution in [2.24, 2.45) is 0 Å². The van der Waals surface area contributed by atoms with Crippen molar-refractivity contribution < 1.29 is 14.3 Å². The second kappa shape index (κ2) is 10.7. The van der Waals surface area contributed by atoms with E-state index in [1.807, 2.05) is 68.0 Å². The lowest BCUT2D eigenvalue weighted by molar-refractivity contribution is -0.180. The Labute approximate surface area is 203 Å². The number of rotatable bonds is 9. The first-order valence-electron chi connectivity index (χ1n) is 10.9. The van der Waals surface area contributed by atoms with Gasteiger partial charge in [0, 0.05) is 46.6 Å². The second-order valence-corrected chi connectivity index (χ2v) is 9.80. The van der Waals surface area contributed by atoms with Gasteiger partial charge in [-0.15, -0.1) is 11.8 Å². The number of amides is 1. The number of thioether (sulfide) groups is 1. The summed E-state index contributed by atoms with van der Waals surface area (Å²) in [4.78, 5) is 16.6. The molecule has 1 aliphatic heterocycles. The predicted molar refractivity (Wildman–Crippen MR) is 132 cm³/mol. The van der Waals surface area contributed by atoms with E-state index in [1.165, 1.54) is 12.5 Å². The number of nitrogens with zero attached hydrogens (tertiary/aromatic N) is 2. The van der Waals surface area contributed by atoms with Crippen molar-refractivity contribution in [3.8, 4) is 0 Å². The molecule has 2 heterocycles. The van der Waals surface area contributed by atoms with E-state index in [9.17, 15) is 4.79 Å². The van der Waals surface area contributed by atoms with Gasteiger partial charge in [-0.3, -0.25) is 4.79 Å². The summed E-state index contributed by atoms with van der Waals surface area (Å²) in [5.41, 5.74) is 3.07. The molecule has 2 aromatic carbocycles. The number of aromatic nitrogens is 2. The molecule has 6 nitrogen and oxygen atoms in total. The first kappa shape index (κ1) is 23.8. The number of carbonyl (C=O) groups excluding carboxylic acids is 1. The van der Waals surface area contributed by atoms with Gasteiger partial charge in [0.25, 0.3) is 0 Å². The Balaban J connectivity index is 1.39. The van der Waals surface area contributed by atoms with Crippen molar-refractivity contribution >= 4 is 35.0 Å². The molecule has 0 saturated carbocycles. The highest BCUT2D eigenvalue weighted by molar-refractivity contribution is 7.99. The number of hydrogen-bond donors (Lipinski definition) is 1. The highest BCUT2D eigenvalue weighted by atomic mass is 35.5. The Kier molecular flexibility index (Phi) is 7.75. The van der Waals surface area contributed by atoms with Crippen LogP contribution < -0.4 is 5.32 Å². The van der Waals surface area contributed by atoms with Gasteiger partial charge in [0.05, 0.1) is 25.6 Å². The van der Waals surface area contributed by atoms with Crippen LogP contribution in [0.25, 0.3) is 0 Å². The average molecular weight is 486 g/mol. The molecule has 33 heavy (non-hydrogen) atoms. The average Bonchev–Trinajstić information content (AvgIpc) is 3.39. The molecule has 1 N–H and O–H groups in total. The Hall–Kier alpha value is -2.32. The maximum Gasteiger partial charge on any atom is 0.221 e. The summed E-state index contributed by atoms with van der Waals surface area (Å²) in [5.74, 6) is 0.00594. The third-order valence-electron chi connectivity index (χ3n) is 5.56. The third-order valence-corrected chi connectivity index (χ3v) is 6.96. The van der Waals surface area contributed by atoms with Gasteiger partial charge >= 0.3 is 0 Å². The molecule has 1 fully saturated rings. The van der Waals surface area contributed by atoms with Gasteiger partial charge < -0.3 is 19.4 Å². The number of imidazole rings is 1. The monoisotopic (exact) mass is 485 g/mol. The molecule has 1 aromatic heterocycles. The minimum absolute atomic E-state index is 0.0148. The van der Waals surface area contributed by atoms with Crippen LogP contribution in [0.5, 0.6) is 0 Å². The lowest BCUT2D eigenvalue weighted by Gasteiger charge is -2.29. The van der Waals surface area contributed by atoms with Crippen LogP contribution in [0.1, 0.15) is 24.6 Å². The molecule has 2 atom stereocenters. The van der Waals surface area contributed by atoms with Crippen molar-refractivity contribution in [2.75, 3.05) is 17.7 Å². The van der Waals surface area contributed by atoms with E-state index in [1.54, 1.807) is 11.8 Å². The smallest absolute Gasteiger partial charge is 0.221 e. The number of hydrogen-bond acceptors (Lipinski definition) is 5. The topological polar surface area (TPSA) is 65.4 Å². The summed E-state index contributed by atoms with van der Waals surface area (Å²) in [6, 6.07) is 15.8. The Bertz CT molecular complexity index is 1070. The molecular formula is C25H28ClN3O3S. The van der Waals surface area contributed by atoms with Gasteiger partial charge in [0.15, 0.2) is 5.79 Å². The summed E-state index contributed by atoms with van der Waals surface area (Å²) in [5, 5.41) is 3.52. The maximum atomic E-state index is 11.2. The fourth-order valence-corrected chi connectivity index (χ4v) is 4.81. The number of benzene rings is 2. The molecule has 3 aromatic rings. The van der Waals surface area contributed by atoms with E-state index < -0.39 is 5.79 Å². The van der Waals surface area contributed by atoms with Gasteiger partial charge in [-0.25, -0.2) is 4.98 Å². The third kappa shape index (κ3) is 6.60. The first-order valence-corrected chi connectivity index (χ1v) is 12.3. The van der Waals surface area contributed by atoms with Crippen molar-refractivity contribution in [3.05, 3.63) is 77.3 Å². The summed E-state index contributed by atoms with van der Waals surface area (Å²) >= 11 is 7.75. The molecule has 1 saturated heterocycles. The molecule has 174 valence electrons. The van der Waals surface area contributed by atoms with E-state index in [-0.39, 0.29) is 12.0 Å². The summed E-state index contributed by atoms with van der Waals surface area (Å²) < 4.78 is 14.9. The van der Waals surface area contributed by atoms with Gasteiger partial charge in [0.1, 0.15) is 0 Å². The van der Waals surface area contributed by atoms with Crippen LogP contribution in [-0.2, 0) is 27.2 Å². The number of ether oxygens (including phenoxy) is 2. The molecular weight excluding hydrogens is 458 g/mol. The highest BCUT2D eigenvalue weighted by Gasteiger charge is 2.41. The van der Waals surface area contributed by atoms with Crippen LogP contribution in [0.2, 0.25) is 5.02 Å². The number of halogens is 1. The van der Waals surface area contributed by atoms with Gasteiger partial charge in [-0.05, 0) is 55.3 Å². The van der Waals surface area contributed by atoms with E-state index in [0.29, 0.717) is 13.2 Å². The van der Waals surface area contributed by atoms with E-state index >= 15 is 0 Å². The van der Waals surface area contributed by atoms with Crippen LogP contribution in [0.3, 0.4) is 0 Å². The molecule has 0 radical (unpaired) electrons. The van der Waals surface area contributed by atoms with E-state index in [0.717, 1.165) is 39.9 Å². The lowest BCUT2D eigenvalue weighted by atomic mass is 10.0. The fourth-order valence-electron chi connectivity index (χ4n) is 3.82. The zero-order valence-corrected chi connectivity index (χ0v) is 20.4. The maximum absolute atomic E-state index is 11.2. The van der Waals surface area contributed by atoms with Crippen LogP contribution in [0.4, 0.5) is 5.69 Å². The lowest BCUT2D eigenvalue weighted by Crippen LogP contribution is -2.37. The van der Waals surface area contributed by atoms with E-state index in [2.05, 4.69) is 14.9 Å². The Morgan fingerprint density at radius 2 is 2.00 bits per heavy atom. The summed E-state index contributed by atoms with van der Waals surface area (Å²) in [6.07, 6.45) is 5.22. The van der Waals surface area contributed by atoms with E-state index in [4.69, 9.17) is 21.1 Å². The number of aryl methyl sites for hydroxylation is 2. The molecule has 0 bridgehead atoms. The van der Waals surface area contributed by atoms with Crippen molar-refractivity contribution in [3.63, 3.8) is 0 Å². The number of anilines is 1. The molecule has 1 amide bonds. The zero-order chi connectivity index (χ0) is 23.3. The minimum Gasteiger partial charge on any atom is -0.345 e. The van der Waals surface area contributed by atoms with Gasteiger partial charge in [0.2, 0.25) is 5.91 Å². The number of nitrogens with one attached hydrogen (secondary N) is 1. The minimum atomic E-state index is -0.703.